The van der Waals surface area contributed by atoms with Crippen LogP contribution in [0.25, 0.3) is 0 Å². The highest BCUT2D eigenvalue weighted by molar-refractivity contribution is 7.98. The van der Waals surface area contributed by atoms with Crippen LogP contribution in [0, 0.1) is 0 Å². The molecule has 1 rings (SSSR count). The van der Waals surface area contributed by atoms with Crippen LogP contribution in [0.3, 0.4) is 0 Å². The maximum absolute atomic E-state index is 11.0. The predicted molar refractivity (Wildman–Crippen MR) is 67.7 cm³/mol. The molecule has 2 N–H and O–H groups in total. The average molecular weight is 239 g/mol. The van der Waals surface area contributed by atoms with Gasteiger partial charge in [0.25, 0.3) is 0 Å². The molecule has 1 aromatic carbocycles. The Balaban J connectivity index is 2.41. The summed E-state index contributed by atoms with van der Waals surface area (Å²) in [5, 5.41) is 12.1. The monoisotopic (exact) mass is 239 g/mol. The van der Waals surface area contributed by atoms with Gasteiger partial charge in [0, 0.05) is 6.54 Å². The Morgan fingerprint density at radius 3 is 2.69 bits per heavy atom. The summed E-state index contributed by atoms with van der Waals surface area (Å²) in [5.74, 6) is 0.0867. The topological polar surface area (TPSA) is 49.3 Å². The molecular weight excluding hydrogens is 222 g/mol. The number of carboxylic acids is 1. The van der Waals surface area contributed by atoms with Crippen molar-refractivity contribution in [1.29, 1.82) is 0 Å². The van der Waals surface area contributed by atoms with Crippen LogP contribution in [0.4, 0.5) is 0 Å². The second-order valence-corrected chi connectivity index (χ2v) is 4.52. The summed E-state index contributed by atoms with van der Waals surface area (Å²) in [5.41, 5.74) is 1.11. The Morgan fingerprint density at radius 2 is 2.12 bits per heavy atom. The fourth-order valence-electron chi connectivity index (χ4n) is 1.39. The summed E-state index contributed by atoms with van der Waals surface area (Å²) in [6.07, 6.45) is 2.64. The van der Waals surface area contributed by atoms with Crippen molar-refractivity contribution in [2.24, 2.45) is 0 Å². The highest BCUT2D eigenvalue weighted by Gasteiger charge is 2.15. The molecule has 0 amide bonds. The molecule has 1 atom stereocenters. The molecular formula is C12H17NO2S. The van der Waals surface area contributed by atoms with Gasteiger partial charge in [-0.1, -0.05) is 30.3 Å². The molecule has 0 radical (unpaired) electrons. The first kappa shape index (κ1) is 13.1. The van der Waals surface area contributed by atoms with Gasteiger partial charge in [0.2, 0.25) is 0 Å². The lowest BCUT2D eigenvalue weighted by Crippen LogP contribution is -2.36. The number of carbonyl (C=O) groups is 1. The first-order valence-electron chi connectivity index (χ1n) is 5.23. The molecule has 0 aromatic heterocycles. The van der Waals surface area contributed by atoms with Crippen molar-refractivity contribution in [1.82, 2.24) is 5.32 Å². The molecule has 4 heteroatoms. The van der Waals surface area contributed by atoms with E-state index in [9.17, 15) is 4.79 Å². The normalized spacial score (nSPS) is 12.3. The molecule has 0 heterocycles. The fraction of sp³-hybridized carbons (Fsp3) is 0.417. The Labute approximate surface area is 100 Å². The third-order valence-corrected chi connectivity index (χ3v) is 2.95. The summed E-state index contributed by atoms with van der Waals surface area (Å²) in [4.78, 5) is 11.0. The van der Waals surface area contributed by atoms with Crippen molar-refractivity contribution in [2.75, 3.05) is 12.0 Å². The van der Waals surface area contributed by atoms with Crippen molar-refractivity contribution in [3.8, 4) is 0 Å². The first-order valence-corrected chi connectivity index (χ1v) is 6.62. The minimum Gasteiger partial charge on any atom is -0.480 e. The Kier molecular flexibility index (Phi) is 5.96. The van der Waals surface area contributed by atoms with Gasteiger partial charge < -0.3 is 10.4 Å². The van der Waals surface area contributed by atoms with Crippen molar-refractivity contribution in [2.45, 2.75) is 19.0 Å². The van der Waals surface area contributed by atoms with Gasteiger partial charge in [0.1, 0.15) is 6.04 Å². The Hall–Kier alpha value is -1.00. The molecule has 3 nitrogen and oxygen atoms in total. The van der Waals surface area contributed by atoms with Gasteiger partial charge in [-0.15, -0.1) is 0 Å². The van der Waals surface area contributed by atoms with E-state index in [-0.39, 0.29) is 0 Å². The number of carboxylic acid groups (broad SMARTS) is 1. The Bertz CT molecular complexity index is 316. The first-order chi connectivity index (χ1) is 7.74. The Morgan fingerprint density at radius 1 is 1.44 bits per heavy atom. The molecule has 0 spiro atoms. The summed E-state index contributed by atoms with van der Waals surface area (Å²) in [7, 11) is 0. The summed E-state index contributed by atoms with van der Waals surface area (Å²) < 4.78 is 0. The number of hydrogen-bond donors (Lipinski definition) is 2. The van der Waals surface area contributed by atoms with E-state index in [0.29, 0.717) is 13.0 Å². The van der Waals surface area contributed by atoms with Crippen LogP contribution in [0.1, 0.15) is 12.0 Å². The smallest absolute Gasteiger partial charge is 0.320 e. The molecule has 16 heavy (non-hydrogen) atoms. The number of thioether (sulfide) groups is 1. The lowest BCUT2D eigenvalue weighted by atomic mass is 10.2. The average Bonchev–Trinajstić information content (AvgIpc) is 2.30. The van der Waals surface area contributed by atoms with E-state index in [4.69, 9.17) is 5.11 Å². The molecule has 0 fully saturated rings. The highest BCUT2D eigenvalue weighted by Crippen LogP contribution is 2.03. The lowest BCUT2D eigenvalue weighted by Gasteiger charge is -2.13. The van der Waals surface area contributed by atoms with E-state index >= 15 is 0 Å². The zero-order valence-corrected chi connectivity index (χ0v) is 10.2. The van der Waals surface area contributed by atoms with E-state index in [2.05, 4.69) is 5.32 Å². The summed E-state index contributed by atoms with van der Waals surface area (Å²) in [6, 6.07) is 9.38. The van der Waals surface area contributed by atoms with Gasteiger partial charge in [-0.05, 0) is 24.0 Å². The molecule has 0 unspecified atom stereocenters. The second kappa shape index (κ2) is 7.30. The molecule has 0 aliphatic heterocycles. The number of aliphatic carboxylic acids is 1. The van der Waals surface area contributed by atoms with Crippen LogP contribution in [0.5, 0.6) is 0 Å². The minimum absolute atomic E-state index is 0.451. The minimum atomic E-state index is -0.773. The van der Waals surface area contributed by atoms with Crippen molar-refractivity contribution in [3.05, 3.63) is 35.9 Å². The maximum Gasteiger partial charge on any atom is 0.320 e. The van der Waals surface area contributed by atoms with Gasteiger partial charge in [-0.25, -0.2) is 0 Å². The van der Waals surface area contributed by atoms with Crippen molar-refractivity contribution in [3.63, 3.8) is 0 Å². The van der Waals surface area contributed by atoms with Gasteiger partial charge in [0.05, 0.1) is 0 Å². The zero-order valence-electron chi connectivity index (χ0n) is 9.35. The number of nitrogens with one attached hydrogen (secondary N) is 1. The van der Waals surface area contributed by atoms with Crippen LogP contribution in [0.15, 0.2) is 30.3 Å². The predicted octanol–water partition coefficient (Wildman–Crippen LogP) is 1.98. The van der Waals surface area contributed by atoms with E-state index in [1.54, 1.807) is 11.8 Å². The zero-order chi connectivity index (χ0) is 11.8. The van der Waals surface area contributed by atoms with Gasteiger partial charge >= 0.3 is 5.97 Å². The third kappa shape index (κ3) is 4.68. The largest absolute Gasteiger partial charge is 0.480 e. The molecule has 0 saturated carbocycles. The highest BCUT2D eigenvalue weighted by atomic mass is 32.2. The standard InChI is InChI=1S/C12H17NO2S/c1-16-8-7-11(12(14)15)13-9-10-5-3-2-4-6-10/h2-6,11,13H,7-9H2,1H3,(H,14,15)/t11-/m1/s1. The van der Waals surface area contributed by atoms with Gasteiger partial charge in [-0.3, -0.25) is 4.79 Å². The quantitative estimate of drug-likeness (QED) is 0.764. The van der Waals surface area contributed by atoms with Crippen LogP contribution >= 0.6 is 11.8 Å². The molecule has 0 saturated heterocycles. The second-order valence-electron chi connectivity index (χ2n) is 3.54. The fourth-order valence-corrected chi connectivity index (χ4v) is 1.86. The number of rotatable bonds is 7. The van der Waals surface area contributed by atoms with Crippen LogP contribution < -0.4 is 5.32 Å². The van der Waals surface area contributed by atoms with Gasteiger partial charge in [-0.2, -0.15) is 11.8 Å². The van der Waals surface area contributed by atoms with Crippen LogP contribution in [-0.4, -0.2) is 29.1 Å². The molecule has 0 aliphatic carbocycles. The van der Waals surface area contributed by atoms with Crippen molar-refractivity contribution >= 4 is 17.7 Å². The molecule has 0 bridgehead atoms. The van der Waals surface area contributed by atoms with Crippen LogP contribution in [-0.2, 0) is 11.3 Å². The van der Waals surface area contributed by atoms with Gasteiger partial charge in [0.15, 0.2) is 0 Å². The molecule has 0 aliphatic rings. The number of benzene rings is 1. The van der Waals surface area contributed by atoms with E-state index in [1.807, 2.05) is 36.6 Å². The summed E-state index contributed by atoms with van der Waals surface area (Å²) in [6.45, 7) is 0.603. The molecule has 88 valence electrons. The maximum atomic E-state index is 11.0. The van der Waals surface area contributed by atoms with Crippen LogP contribution in [0.2, 0.25) is 0 Å². The molecule has 1 aromatic rings. The third-order valence-electron chi connectivity index (χ3n) is 2.30. The summed E-state index contributed by atoms with van der Waals surface area (Å²) >= 11 is 1.67. The SMILES string of the molecule is CSCC[C@@H](NCc1ccccc1)C(=O)O. The van der Waals surface area contributed by atoms with E-state index in [1.165, 1.54) is 0 Å². The number of hydrogen-bond acceptors (Lipinski definition) is 3. The van der Waals surface area contributed by atoms with Crippen molar-refractivity contribution < 1.29 is 9.90 Å². The van der Waals surface area contributed by atoms with E-state index < -0.39 is 12.0 Å². The van der Waals surface area contributed by atoms with E-state index in [0.717, 1.165) is 11.3 Å². The lowest BCUT2D eigenvalue weighted by molar-refractivity contribution is -0.139.